The van der Waals surface area contributed by atoms with Gasteiger partial charge in [-0.3, -0.25) is 4.79 Å². The molecule has 7 nitrogen and oxygen atoms in total. The summed E-state index contributed by atoms with van der Waals surface area (Å²) in [4.78, 5) is 29.0. The average Bonchev–Trinajstić information content (AvgIpc) is 3.02. The van der Waals surface area contributed by atoms with E-state index in [-0.39, 0.29) is 12.2 Å². The first-order chi connectivity index (χ1) is 12.1. The Morgan fingerprint density at radius 1 is 1.32 bits per heavy atom. The van der Waals surface area contributed by atoms with E-state index in [0.717, 1.165) is 0 Å². The van der Waals surface area contributed by atoms with Crippen molar-refractivity contribution in [1.82, 2.24) is 14.6 Å². The molecule has 0 saturated heterocycles. The maximum absolute atomic E-state index is 12.1. The van der Waals surface area contributed by atoms with Crippen molar-refractivity contribution in [3.05, 3.63) is 61.4 Å². The second-order valence-corrected chi connectivity index (χ2v) is 6.86. The maximum Gasteiger partial charge on any atom is 0.339 e. The van der Waals surface area contributed by atoms with Gasteiger partial charge in [-0.2, -0.15) is 9.61 Å². The molecule has 1 aromatic carbocycles. The Hall–Kier alpha value is -2.10. The minimum Gasteiger partial charge on any atom is -0.456 e. The average molecular weight is 424 g/mol. The number of aromatic nitrogens is 3. The maximum atomic E-state index is 12.1. The number of hydrogen-bond donors (Lipinski definition) is 0. The van der Waals surface area contributed by atoms with Gasteiger partial charge in [0.2, 0.25) is 4.96 Å². The monoisotopic (exact) mass is 423 g/mol. The van der Waals surface area contributed by atoms with Crippen LogP contribution in [0.1, 0.15) is 28.0 Å². The third kappa shape index (κ3) is 4.12. The SMILES string of the molecule is CCOCc1nn2c(=O)cc(COC(=O)c3ccccc3Br)nc2s1. The van der Waals surface area contributed by atoms with Gasteiger partial charge >= 0.3 is 5.97 Å². The van der Waals surface area contributed by atoms with Crippen LogP contribution in [0.4, 0.5) is 0 Å². The lowest BCUT2D eigenvalue weighted by atomic mass is 10.2. The molecule has 0 bridgehead atoms. The van der Waals surface area contributed by atoms with Gasteiger partial charge in [0.15, 0.2) is 0 Å². The van der Waals surface area contributed by atoms with Gasteiger partial charge in [0.05, 0.1) is 11.3 Å². The lowest BCUT2D eigenvalue weighted by molar-refractivity contribution is 0.0466. The van der Waals surface area contributed by atoms with Crippen LogP contribution in [-0.2, 0) is 22.7 Å². The highest BCUT2D eigenvalue weighted by Gasteiger charge is 2.13. The van der Waals surface area contributed by atoms with Gasteiger partial charge in [-0.25, -0.2) is 9.78 Å². The molecule has 9 heteroatoms. The summed E-state index contributed by atoms with van der Waals surface area (Å²) in [6.45, 7) is 2.69. The lowest BCUT2D eigenvalue weighted by Gasteiger charge is -2.05. The Morgan fingerprint density at radius 2 is 2.12 bits per heavy atom. The molecular weight excluding hydrogens is 410 g/mol. The van der Waals surface area contributed by atoms with Crippen LogP contribution in [0, 0.1) is 0 Å². The minimum absolute atomic E-state index is 0.0927. The summed E-state index contributed by atoms with van der Waals surface area (Å²) in [5.74, 6) is -0.490. The fourth-order valence-electron chi connectivity index (χ4n) is 2.06. The zero-order valence-electron chi connectivity index (χ0n) is 13.3. The molecule has 0 atom stereocenters. The number of carbonyl (C=O) groups is 1. The van der Waals surface area contributed by atoms with Crippen LogP contribution in [0.25, 0.3) is 4.96 Å². The van der Waals surface area contributed by atoms with Gasteiger partial charge in [0, 0.05) is 17.1 Å². The predicted molar refractivity (Wildman–Crippen MR) is 95.7 cm³/mol. The highest BCUT2D eigenvalue weighted by molar-refractivity contribution is 9.10. The quantitative estimate of drug-likeness (QED) is 0.566. The second kappa shape index (κ2) is 7.85. The summed E-state index contributed by atoms with van der Waals surface area (Å²) in [6, 6.07) is 8.27. The van der Waals surface area contributed by atoms with Gasteiger partial charge in [0.25, 0.3) is 5.56 Å². The molecular formula is C16H14BrN3O4S. The van der Waals surface area contributed by atoms with E-state index in [1.165, 1.54) is 21.9 Å². The third-order valence-corrected chi connectivity index (χ3v) is 4.79. The first-order valence-corrected chi connectivity index (χ1v) is 9.07. The van der Waals surface area contributed by atoms with E-state index in [2.05, 4.69) is 26.0 Å². The largest absolute Gasteiger partial charge is 0.456 e. The standard InChI is InChI=1S/C16H14BrN3O4S/c1-2-23-9-13-19-20-14(21)7-10(18-16(20)25-13)8-24-15(22)11-5-3-4-6-12(11)17/h3-7H,2,8-9H2,1H3. The molecule has 0 N–H and O–H groups in total. The normalized spacial score (nSPS) is 11.0. The summed E-state index contributed by atoms with van der Waals surface area (Å²) >= 11 is 4.57. The molecule has 0 spiro atoms. The molecule has 3 rings (SSSR count). The van der Waals surface area contributed by atoms with E-state index in [1.807, 2.05) is 6.92 Å². The van der Waals surface area contributed by atoms with Crippen LogP contribution in [-0.4, -0.2) is 27.2 Å². The highest BCUT2D eigenvalue weighted by atomic mass is 79.9. The molecule has 2 heterocycles. The first-order valence-electron chi connectivity index (χ1n) is 7.46. The molecule has 0 unspecified atom stereocenters. The number of fused-ring (bicyclic) bond motifs is 1. The Bertz CT molecular complexity index is 969. The molecule has 0 fully saturated rings. The van der Waals surface area contributed by atoms with E-state index in [4.69, 9.17) is 9.47 Å². The van der Waals surface area contributed by atoms with Gasteiger partial charge < -0.3 is 9.47 Å². The van der Waals surface area contributed by atoms with Crippen molar-refractivity contribution in [2.24, 2.45) is 0 Å². The summed E-state index contributed by atoms with van der Waals surface area (Å²) < 4.78 is 12.4. The lowest BCUT2D eigenvalue weighted by Crippen LogP contribution is -2.17. The number of benzene rings is 1. The van der Waals surface area contributed by atoms with Crippen LogP contribution < -0.4 is 5.56 Å². The Balaban J connectivity index is 1.76. The molecule has 2 aromatic heterocycles. The molecule has 0 aliphatic heterocycles. The summed E-state index contributed by atoms with van der Waals surface area (Å²) in [7, 11) is 0. The summed E-state index contributed by atoms with van der Waals surface area (Å²) in [5, 5.41) is 4.83. The molecule has 0 radical (unpaired) electrons. The van der Waals surface area contributed by atoms with E-state index in [1.54, 1.807) is 24.3 Å². The van der Waals surface area contributed by atoms with Crippen LogP contribution in [0.5, 0.6) is 0 Å². The van der Waals surface area contributed by atoms with Crippen molar-refractivity contribution in [3.63, 3.8) is 0 Å². The minimum atomic E-state index is -0.490. The van der Waals surface area contributed by atoms with Crippen molar-refractivity contribution in [2.45, 2.75) is 20.1 Å². The topological polar surface area (TPSA) is 82.8 Å². The van der Waals surface area contributed by atoms with E-state index < -0.39 is 5.97 Å². The molecule has 0 aliphatic rings. The van der Waals surface area contributed by atoms with Gasteiger partial charge in [-0.05, 0) is 35.0 Å². The first kappa shape index (κ1) is 17.7. The highest BCUT2D eigenvalue weighted by Crippen LogP contribution is 2.17. The van der Waals surface area contributed by atoms with E-state index >= 15 is 0 Å². The smallest absolute Gasteiger partial charge is 0.339 e. The Labute approximate surface area is 155 Å². The third-order valence-electron chi connectivity index (χ3n) is 3.21. The van der Waals surface area contributed by atoms with Crippen molar-refractivity contribution < 1.29 is 14.3 Å². The Kier molecular flexibility index (Phi) is 5.57. The van der Waals surface area contributed by atoms with Crippen molar-refractivity contribution >= 4 is 38.2 Å². The van der Waals surface area contributed by atoms with Crippen LogP contribution >= 0.6 is 27.3 Å². The second-order valence-electron chi connectivity index (χ2n) is 4.97. The number of hydrogen-bond acceptors (Lipinski definition) is 7. The molecule has 0 aliphatic carbocycles. The van der Waals surface area contributed by atoms with Crippen LogP contribution in [0.15, 0.2) is 39.6 Å². The van der Waals surface area contributed by atoms with Crippen molar-refractivity contribution in [1.29, 1.82) is 0 Å². The molecule has 25 heavy (non-hydrogen) atoms. The molecule has 3 aromatic rings. The van der Waals surface area contributed by atoms with Crippen molar-refractivity contribution in [2.75, 3.05) is 6.61 Å². The van der Waals surface area contributed by atoms with Gasteiger partial charge in [-0.1, -0.05) is 23.5 Å². The zero-order valence-corrected chi connectivity index (χ0v) is 15.7. The molecule has 0 amide bonds. The van der Waals surface area contributed by atoms with E-state index in [9.17, 15) is 9.59 Å². The number of halogens is 1. The number of rotatable bonds is 6. The molecule has 130 valence electrons. The van der Waals surface area contributed by atoms with Crippen LogP contribution in [0.3, 0.4) is 0 Å². The van der Waals surface area contributed by atoms with Gasteiger partial charge in [0.1, 0.15) is 18.2 Å². The number of carbonyl (C=O) groups excluding carboxylic acids is 1. The zero-order chi connectivity index (χ0) is 17.8. The fourth-order valence-corrected chi connectivity index (χ4v) is 3.36. The van der Waals surface area contributed by atoms with Crippen LogP contribution in [0.2, 0.25) is 0 Å². The van der Waals surface area contributed by atoms with E-state index in [0.29, 0.717) is 38.9 Å². The number of nitrogens with zero attached hydrogens (tertiary/aromatic N) is 3. The van der Waals surface area contributed by atoms with Crippen molar-refractivity contribution in [3.8, 4) is 0 Å². The Morgan fingerprint density at radius 3 is 2.88 bits per heavy atom. The predicted octanol–water partition coefficient (Wildman–Crippen LogP) is 2.81. The summed E-state index contributed by atoms with van der Waals surface area (Å²) in [5.41, 5.74) is 0.463. The molecule has 0 saturated carbocycles. The number of ether oxygens (including phenoxy) is 2. The van der Waals surface area contributed by atoms with Gasteiger partial charge in [-0.15, -0.1) is 0 Å². The number of esters is 1. The fraction of sp³-hybridized carbons (Fsp3) is 0.250. The summed E-state index contributed by atoms with van der Waals surface area (Å²) in [6.07, 6.45) is 0.